The zero-order chi connectivity index (χ0) is 10.6. The minimum atomic E-state index is 0.525. The third-order valence-corrected chi connectivity index (χ3v) is 4.92. The molecule has 0 saturated heterocycles. The first-order chi connectivity index (χ1) is 6.76. The maximum Gasteiger partial charge on any atom is 0.0254 e. The summed E-state index contributed by atoms with van der Waals surface area (Å²) < 4.78 is 0. The molecule has 0 aromatic rings. The molecule has 0 heterocycles. The van der Waals surface area contributed by atoms with Gasteiger partial charge in [0, 0.05) is 23.5 Å². The minimum Gasteiger partial charge on any atom is -0.126 e. The zero-order valence-electron chi connectivity index (χ0n) is 8.06. The molecule has 1 fully saturated rings. The van der Waals surface area contributed by atoms with Gasteiger partial charge in [-0.1, -0.05) is 0 Å². The molecule has 0 amide bonds. The molecule has 0 N–H and O–H groups in total. The van der Waals surface area contributed by atoms with E-state index in [1.165, 1.54) is 0 Å². The van der Waals surface area contributed by atoms with E-state index in [9.17, 15) is 0 Å². The van der Waals surface area contributed by atoms with Crippen molar-refractivity contribution in [1.82, 2.24) is 0 Å². The Balaban J connectivity index is 2.59. The molecule has 4 unspecified atom stereocenters. The van der Waals surface area contributed by atoms with Crippen LogP contribution in [-0.2, 0) is 0 Å². The third kappa shape index (κ3) is 3.07. The van der Waals surface area contributed by atoms with Gasteiger partial charge in [0.1, 0.15) is 0 Å². The third-order valence-electron chi connectivity index (χ3n) is 3.34. The van der Waals surface area contributed by atoms with Crippen LogP contribution >= 0.6 is 46.4 Å². The summed E-state index contributed by atoms with van der Waals surface area (Å²) in [6.45, 7) is 0. The molecule has 0 bridgehead atoms. The van der Waals surface area contributed by atoms with Crippen molar-refractivity contribution in [3.63, 3.8) is 0 Å². The summed E-state index contributed by atoms with van der Waals surface area (Å²) in [6.07, 6.45) is 2.17. The van der Waals surface area contributed by atoms with Crippen LogP contribution in [0.15, 0.2) is 0 Å². The highest BCUT2D eigenvalue weighted by Gasteiger charge is 2.35. The lowest BCUT2D eigenvalue weighted by Gasteiger charge is -2.38. The van der Waals surface area contributed by atoms with E-state index in [0.29, 0.717) is 47.2 Å². The van der Waals surface area contributed by atoms with Crippen molar-refractivity contribution >= 4 is 46.4 Å². The van der Waals surface area contributed by atoms with Crippen LogP contribution in [-0.4, -0.2) is 23.5 Å². The number of halogens is 4. The molecule has 1 aliphatic carbocycles. The summed E-state index contributed by atoms with van der Waals surface area (Å²) in [4.78, 5) is 0. The van der Waals surface area contributed by atoms with Gasteiger partial charge in [-0.2, -0.15) is 0 Å². The first-order valence-corrected chi connectivity index (χ1v) is 7.14. The lowest BCUT2D eigenvalue weighted by atomic mass is 9.70. The van der Waals surface area contributed by atoms with E-state index in [-0.39, 0.29) is 0 Å². The predicted octanol–water partition coefficient (Wildman–Crippen LogP) is 4.20. The van der Waals surface area contributed by atoms with Gasteiger partial charge in [0.25, 0.3) is 0 Å². The summed E-state index contributed by atoms with van der Waals surface area (Å²) in [5.74, 6) is 4.88. The molecule has 1 rings (SSSR count). The van der Waals surface area contributed by atoms with Crippen molar-refractivity contribution in [2.24, 2.45) is 23.7 Å². The van der Waals surface area contributed by atoms with Crippen molar-refractivity contribution < 1.29 is 0 Å². The molecule has 4 atom stereocenters. The summed E-state index contributed by atoms with van der Waals surface area (Å²) in [7, 11) is 0. The van der Waals surface area contributed by atoms with Crippen LogP contribution in [0.3, 0.4) is 0 Å². The molecule has 0 aromatic carbocycles. The molecular formula is C10H16Cl4. The first-order valence-electron chi connectivity index (χ1n) is 5.00. The lowest BCUT2D eigenvalue weighted by molar-refractivity contribution is 0.165. The number of hydrogen-bond acceptors (Lipinski definition) is 0. The second-order valence-corrected chi connectivity index (χ2v) is 5.36. The van der Waals surface area contributed by atoms with Crippen LogP contribution in [0, 0.1) is 23.7 Å². The summed E-state index contributed by atoms with van der Waals surface area (Å²) in [5, 5.41) is 0. The van der Waals surface area contributed by atoms with E-state index in [1.807, 2.05) is 0 Å². The molecule has 0 aliphatic heterocycles. The number of alkyl halides is 4. The molecule has 1 saturated carbocycles. The normalized spacial score (nSPS) is 38.6. The Bertz CT molecular complexity index is 128. The topological polar surface area (TPSA) is 0 Å². The SMILES string of the molecule is ClCC1CC(CCl)C(CCl)CC1CCl. The van der Waals surface area contributed by atoms with Gasteiger partial charge in [0.15, 0.2) is 0 Å². The Hall–Kier alpha value is 1.16. The smallest absolute Gasteiger partial charge is 0.0254 e. The Morgan fingerprint density at radius 1 is 0.571 bits per heavy atom. The predicted molar refractivity (Wildman–Crippen MR) is 66.1 cm³/mol. The average molecular weight is 278 g/mol. The lowest BCUT2D eigenvalue weighted by Crippen LogP contribution is -2.35. The highest BCUT2D eigenvalue weighted by Crippen LogP contribution is 2.40. The molecule has 84 valence electrons. The Labute approximate surface area is 106 Å². The fourth-order valence-corrected chi connectivity index (χ4v) is 3.82. The van der Waals surface area contributed by atoms with Crippen LogP contribution in [0.2, 0.25) is 0 Å². The molecular weight excluding hydrogens is 262 g/mol. The quantitative estimate of drug-likeness (QED) is 0.676. The first kappa shape index (κ1) is 13.2. The summed E-state index contributed by atoms with van der Waals surface area (Å²) >= 11 is 23.7. The van der Waals surface area contributed by atoms with Crippen molar-refractivity contribution in [2.45, 2.75) is 12.8 Å². The van der Waals surface area contributed by atoms with Crippen molar-refractivity contribution in [1.29, 1.82) is 0 Å². The second kappa shape index (κ2) is 6.68. The average Bonchev–Trinajstić information content (AvgIpc) is 2.26. The van der Waals surface area contributed by atoms with Crippen LogP contribution in [0.1, 0.15) is 12.8 Å². The maximum atomic E-state index is 5.93. The molecule has 1 aliphatic rings. The van der Waals surface area contributed by atoms with Gasteiger partial charge in [-0.15, -0.1) is 46.4 Å². The van der Waals surface area contributed by atoms with Gasteiger partial charge in [-0.25, -0.2) is 0 Å². The van der Waals surface area contributed by atoms with E-state index in [2.05, 4.69) is 0 Å². The molecule has 0 aromatic heterocycles. The second-order valence-electron chi connectivity index (χ2n) is 4.13. The van der Waals surface area contributed by atoms with E-state index < -0.39 is 0 Å². The van der Waals surface area contributed by atoms with Gasteiger partial charge in [0.05, 0.1) is 0 Å². The Morgan fingerprint density at radius 3 is 0.929 bits per heavy atom. The van der Waals surface area contributed by atoms with Gasteiger partial charge in [-0.05, 0) is 36.5 Å². The van der Waals surface area contributed by atoms with E-state index in [1.54, 1.807) is 0 Å². The van der Waals surface area contributed by atoms with E-state index in [4.69, 9.17) is 46.4 Å². The number of rotatable bonds is 4. The largest absolute Gasteiger partial charge is 0.126 e. The van der Waals surface area contributed by atoms with Crippen LogP contribution in [0.5, 0.6) is 0 Å². The molecule has 0 nitrogen and oxygen atoms in total. The van der Waals surface area contributed by atoms with Gasteiger partial charge < -0.3 is 0 Å². The molecule has 4 heteroatoms. The summed E-state index contributed by atoms with van der Waals surface area (Å²) in [5.41, 5.74) is 0. The van der Waals surface area contributed by atoms with E-state index in [0.717, 1.165) is 12.8 Å². The fourth-order valence-electron chi connectivity index (χ4n) is 2.30. The standard InChI is InChI=1S/C10H16Cl4/c11-3-7-1-8(4-12)10(6-14)2-9(7)5-13/h7-10H,1-6H2. The monoisotopic (exact) mass is 276 g/mol. The van der Waals surface area contributed by atoms with Crippen LogP contribution < -0.4 is 0 Å². The van der Waals surface area contributed by atoms with E-state index >= 15 is 0 Å². The zero-order valence-corrected chi connectivity index (χ0v) is 11.1. The van der Waals surface area contributed by atoms with Gasteiger partial charge in [-0.3, -0.25) is 0 Å². The van der Waals surface area contributed by atoms with Gasteiger partial charge >= 0.3 is 0 Å². The Kier molecular flexibility index (Phi) is 6.31. The van der Waals surface area contributed by atoms with Crippen molar-refractivity contribution in [3.05, 3.63) is 0 Å². The van der Waals surface area contributed by atoms with Crippen molar-refractivity contribution in [2.75, 3.05) is 23.5 Å². The van der Waals surface area contributed by atoms with Crippen molar-refractivity contribution in [3.8, 4) is 0 Å². The minimum absolute atomic E-state index is 0.525. The Morgan fingerprint density at radius 2 is 0.786 bits per heavy atom. The van der Waals surface area contributed by atoms with Crippen LogP contribution in [0.4, 0.5) is 0 Å². The fraction of sp³-hybridized carbons (Fsp3) is 1.00. The highest BCUT2D eigenvalue weighted by atomic mass is 35.5. The van der Waals surface area contributed by atoms with Crippen LogP contribution in [0.25, 0.3) is 0 Å². The maximum absolute atomic E-state index is 5.93. The number of hydrogen-bond donors (Lipinski definition) is 0. The van der Waals surface area contributed by atoms with Gasteiger partial charge in [0.2, 0.25) is 0 Å². The molecule has 0 spiro atoms. The summed E-state index contributed by atoms with van der Waals surface area (Å²) in [6, 6.07) is 0. The molecule has 0 radical (unpaired) electrons. The highest BCUT2D eigenvalue weighted by molar-refractivity contribution is 6.19. The molecule has 14 heavy (non-hydrogen) atoms.